The number of hydrogen-bond donors (Lipinski definition) is 2. The Labute approximate surface area is 147 Å². The first-order chi connectivity index (χ1) is 11.8. The Bertz CT molecular complexity index is 718. The van der Waals surface area contributed by atoms with Crippen LogP contribution in [0.25, 0.3) is 0 Å². The number of nitrogens with zero attached hydrogens (tertiary/aromatic N) is 1. The predicted molar refractivity (Wildman–Crippen MR) is 91.1 cm³/mol. The van der Waals surface area contributed by atoms with Gasteiger partial charge >= 0.3 is 0 Å². The third-order valence-electron chi connectivity index (χ3n) is 4.12. The second kappa shape index (κ2) is 8.41. The van der Waals surface area contributed by atoms with E-state index in [1.54, 1.807) is 24.1 Å². The van der Waals surface area contributed by atoms with E-state index in [4.69, 9.17) is 9.88 Å². The molecule has 2 rings (SSSR count). The fraction of sp³-hybridized carbons (Fsp3) is 0.500. The first kappa shape index (κ1) is 19.4. The van der Waals surface area contributed by atoms with Gasteiger partial charge in [0.05, 0.1) is 17.4 Å². The van der Waals surface area contributed by atoms with Gasteiger partial charge in [-0.1, -0.05) is 12.1 Å². The topological polar surface area (TPSA) is 119 Å². The minimum absolute atomic E-state index is 0.0317. The van der Waals surface area contributed by atoms with Crippen LogP contribution in [0, 0.1) is 5.92 Å². The highest BCUT2D eigenvalue weighted by molar-refractivity contribution is 7.89. The summed E-state index contributed by atoms with van der Waals surface area (Å²) >= 11 is 0. The maximum Gasteiger partial charge on any atom is 0.238 e. The Kier molecular flexibility index (Phi) is 6.51. The summed E-state index contributed by atoms with van der Waals surface area (Å²) in [6, 6.07) is 6.21. The number of benzene rings is 1. The lowest BCUT2D eigenvalue weighted by molar-refractivity contribution is -0.129. The molecule has 0 bridgehead atoms. The highest BCUT2D eigenvalue weighted by atomic mass is 32.2. The summed E-state index contributed by atoms with van der Waals surface area (Å²) in [4.78, 5) is 25.7. The Morgan fingerprint density at radius 2 is 2.04 bits per heavy atom. The second-order valence-corrected chi connectivity index (χ2v) is 7.53. The van der Waals surface area contributed by atoms with Gasteiger partial charge in [-0.3, -0.25) is 9.59 Å². The molecular formula is C16H23N3O5S. The van der Waals surface area contributed by atoms with Crippen LogP contribution < -0.4 is 10.5 Å². The quantitative estimate of drug-likeness (QED) is 0.640. The van der Waals surface area contributed by atoms with E-state index >= 15 is 0 Å². The van der Waals surface area contributed by atoms with E-state index in [0.717, 1.165) is 5.56 Å². The second-order valence-electron chi connectivity index (χ2n) is 5.96. The van der Waals surface area contributed by atoms with Crippen LogP contribution in [0.3, 0.4) is 0 Å². The normalized spacial score (nSPS) is 17.8. The van der Waals surface area contributed by atoms with Crippen LogP contribution in [0.2, 0.25) is 0 Å². The minimum Gasteiger partial charge on any atom is -0.383 e. The Hall–Kier alpha value is -1.97. The summed E-state index contributed by atoms with van der Waals surface area (Å²) in [7, 11) is -2.13. The lowest BCUT2D eigenvalue weighted by Gasteiger charge is -2.15. The molecule has 1 heterocycles. The van der Waals surface area contributed by atoms with Crippen molar-refractivity contribution in [1.29, 1.82) is 0 Å². The molecule has 1 aliphatic rings. The predicted octanol–water partition coefficient (Wildman–Crippen LogP) is -0.512. The molecule has 0 saturated carbocycles. The van der Waals surface area contributed by atoms with Crippen molar-refractivity contribution in [2.45, 2.75) is 17.7 Å². The molecule has 138 valence electrons. The number of primary sulfonamides is 1. The maximum absolute atomic E-state index is 12.2. The smallest absolute Gasteiger partial charge is 0.238 e. The van der Waals surface area contributed by atoms with E-state index < -0.39 is 10.0 Å². The summed E-state index contributed by atoms with van der Waals surface area (Å²) in [5.41, 5.74) is 0.886. The molecule has 1 atom stereocenters. The first-order valence-corrected chi connectivity index (χ1v) is 9.52. The number of ether oxygens (including phenoxy) is 1. The van der Waals surface area contributed by atoms with Crippen LogP contribution in [-0.4, -0.2) is 58.5 Å². The van der Waals surface area contributed by atoms with E-state index in [2.05, 4.69) is 5.32 Å². The summed E-state index contributed by atoms with van der Waals surface area (Å²) < 4.78 is 27.3. The lowest BCUT2D eigenvalue weighted by Crippen LogP contribution is -2.34. The van der Waals surface area contributed by atoms with Gasteiger partial charge in [0.15, 0.2) is 0 Å². The van der Waals surface area contributed by atoms with Crippen molar-refractivity contribution in [1.82, 2.24) is 10.2 Å². The molecule has 3 N–H and O–H groups in total. The van der Waals surface area contributed by atoms with Gasteiger partial charge in [0, 0.05) is 33.2 Å². The van der Waals surface area contributed by atoms with Gasteiger partial charge in [0.1, 0.15) is 0 Å². The van der Waals surface area contributed by atoms with Gasteiger partial charge in [-0.15, -0.1) is 0 Å². The van der Waals surface area contributed by atoms with Crippen molar-refractivity contribution in [2.24, 2.45) is 11.1 Å². The molecule has 1 aromatic carbocycles. The van der Waals surface area contributed by atoms with Gasteiger partial charge in [-0.2, -0.15) is 0 Å². The number of carbonyl (C=O) groups excluding carboxylic acids is 2. The monoisotopic (exact) mass is 369 g/mol. The number of sulfonamides is 1. The van der Waals surface area contributed by atoms with E-state index in [0.29, 0.717) is 32.7 Å². The van der Waals surface area contributed by atoms with Crippen molar-refractivity contribution in [3.8, 4) is 0 Å². The first-order valence-electron chi connectivity index (χ1n) is 7.97. The summed E-state index contributed by atoms with van der Waals surface area (Å²) in [6.07, 6.45) is 0.781. The molecule has 0 aromatic heterocycles. The van der Waals surface area contributed by atoms with Crippen molar-refractivity contribution in [3.05, 3.63) is 29.8 Å². The van der Waals surface area contributed by atoms with Crippen LogP contribution in [0.4, 0.5) is 0 Å². The highest BCUT2D eigenvalue weighted by Gasteiger charge is 2.33. The van der Waals surface area contributed by atoms with Crippen LogP contribution in [0.1, 0.15) is 12.0 Å². The molecule has 1 aromatic rings. The summed E-state index contributed by atoms with van der Waals surface area (Å²) in [5.74, 6) is -0.515. The lowest BCUT2D eigenvalue weighted by atomic mass is 10.1. The van der Waals surface area contributed by atoms with Crippen molar-refractivity contribution in [2.75, 3.05) is 33.4 Å². The third kappa shape index (κ3) is 5.52. The molecular weight excluding hydrogens is 346 g/mol. The molecule has 8 nitrogen and oxygen atoms in total. The molecule has 0 spiro atoms. The fourth-order valence-electron chi connectivity index (χ4n) is 2.69. The summed E-state index contributed by atoms with van der Waals surface area (Å²) in [6.45, 7) is 1.78. The number of likely N-dealkylation sites (tertiary alicyclic amines) is 1. The Morgan fingerprint density at radius 3 is 2.64 bits per heavy atom. The molecule has 0 aliphatic carbocycles. The number of nitrogens with two attached hydrogens (primary N) is 1. The molecule has 1 saturated heterocycles. The number of amides is 2. The standard InChI is InChI=1S/C16H23N3O5S/c1-24-9-8-19-11-13(10-15(19)20)16(21)18-7-6-12-2-4-14(5-3-12)25(17,22)23/h2-5,13H,6-11H2,1H3,(H,18,21)(H2,17,22,23). The number of hydrogen-bond acceptors (Lipinski definition) is 5. The zero-order valence-corrected chi connectivity index (χ0v) is 14.9. The summed E-state index contributed by atoms with van der Waals surface area (Å²) in [5, 5.41) is 7.87. The van der Waals surface area contributed by atoms with Crippen LogP contribution in [0.15, 0.2) is 29.2 Å². The van der Waals surface area contributed by atoms with Crippen molar-refractivity contribution in [3.63, 3.8) is 0 Å². The molecule has 9 heteroatoms. The fourth-order valence-corrected chi connectivity index (χ4v) is 3.20. The van der Waals surface area contributed by atoms with Gasteiger partial charge in [0.25, 0.3) is 0 Å². The number of rotatable bonds is 8. The van der Waals surface area contributed by atoms with Gasteiger partial charge in [-0.05, 0) is 24.1 Å². The largest absolute Gasteiger partial charge is 0.383 e. The third-order valence-corrected chi connectivity index (χ3v) is 5.04. The molecule has 1 fully saturated rings. The number of carbonyl (C=O) groups is 2. The van der Waals surface area contributed by atoms with Crippen LogP contribution >= 0.6 is 0 Å². The highest BCUT2D eigenvalue weighted by Crippen LogP contribution is 2.17. The zero-order valence-electron chi connectivity index (χ0n) is 14.1. The number of methoxy groups -OCH3 is 1. The van der Waals surface area contributed by atoms with Crippen LogP contribution in [0.5, 0.6) is 0 Å². The van der Waals surface area contributed by atoms with E-state index in [-0.39, 0.29) is 29.0 Å². The minimum atomic E-state index is -3.70. The van der Waals surface area contributed by atoms with Crippen molar-refractivity contribution >= 4 is 21.8 Å². The van der Waals surface area contributed by atoms with E-state index in [1.807, 2.05) is 0 Å². The molecule has 25 heavy (non-hydrogen) atoms. The van der Waals surface area contributed by atoms with Crippen molar-refractivity contribution < 1.29 is 22.7 Å². The Morgan fingerprint density at radius 1 is 1.36 bits per heavy atom. The average Bonchev–Trinajstić information content (AvgIpc) is 2.93. The molecule has 1 unspecified atom stereocenters. The van der Waals surface area contributed by atoms with Gasteiger partial charge in [-0.25, -0.2) is 13.6 Å². The van der Waals surface area contributed by atoms with E-state index in [1.165, 1.54) is 12.1 Å². The molecule has 2 amide bonds. The maximum atomic E-state index is 12.2. The molecule has 0 radical (unpaired) electrons. The van der Waals surface area contributed by atoms with Gasteiger partial charge in [0.2, 0.25) is 21.8 Å². The number of nitrogens with one attached hydrogen (secondary N) is 1. The zero-order chi connectivity index (χ0) is 18.4. The van der Waals surface area contributed by atoms with Crippen LogP contribution in [-0.2, 0) is 30.8 Å². The SMILES string of the molecule is COCCN1CC(C(=O)NCCc2ccc(S(N)(=O)=O)cc2)CC1=O. The van der Waals surface area contributed by atoms with E-state index in [9.17, 15) is 18.0 Å². The molecule has 1 aliphatic heterocycles. The van der Waals surface area contributed by atoms with Gasteiger partial charge < -0.3 is 15.0 Å². The average molecular weight is 369 g/mol. The Balaban J connectivity index is 1.78.